The third-order valence-electron chi connectivity index (χ3n) is 3.51. The van der Waals surface area contributed by atoms with Gasteiger partial charge in [-0.25, -0.2) is 0 Å². The molecule has 6 heteroatoms. The third kappa shape index (κ3) is 2.52. The van der Waals surface area contributed by atoms with Gasteiger partial charge in [-0.15, -0.1) is 0 Å². The minimum absolute atomic E-state index is 0.0254. The number of hydrogen-bond acceptors (Lipinski definition) is 3. The van der Waals surface area contributed by atoms with Crippen molar-refractivity contribution in [2.45, 2.75) is 19.5 Å². The average molecular weight is 284 g/mol. The second-order valence-electron chi connectivity index (χ2n) is 4.89. The lowest BCUT2D eigenvalue weighted by molar-refractivity contribution is -0.131. The Balaban J connectivity index is 1.91. The van der Waals surface area contributed by atoms with E-state index in [0.29, 0.717) is 5.69 Å². The number of amides is 2. The predicted molar refractivity (Wildman–Crippen MR) is 77.6 cm³/mol. The van der Waals surface area contributed by atoms with E-state index in [1.165, 1.54) is 4.90 Å². The number of aryl methyl sites for hydroxylation is 1. The SMILES string of the molecule is CCn1cc(N2CC(=O)NC(c3ccccc3)C2=O)cn1. The number of aromatic nitrogens is 2. The number of piperazine rings is 1. The Labute approximate surface area is 122 Å². The first-order valence-corrected chi connectivity index (χ1v) is 6.87. The number of rotatable bonds is 3. The van der Waals surface area contributed by atoms with Gasteiger partial charge in [0.1, 0.15) is 12.6 Å². The van der Waals surface area contributed by atoms with Crippen molar-refractivity contribution in [1.29, 1.82) is 0 Å². The molecule has 1 fully saturated rings. The largest absolute Gasteiger partial charge is 0.339 e. The highest BCUT2D eigenvalue weighted by Crippen LogP contribution is 2.23. The van der Waals surface area contributed by atoms with Crippen LogP contribution in [0, 0.1) is 0 Å². The zero-order chi connectivity index (χ0) is 14.8. The van der Waals surface area contributed by atoms with Crippen LogP contribution in [-0.4, -0.2) is 28.1 Å². The Kier molecular flexibility index (Phi) is 3.43. The summed E-state index contributed by atoms with van der Waals surface area (Å²) in [5.74, 6) is -0.316. The molecule has 0 saturated carbocycles. The molecule has 2 aromatic rings. The van der Waals surface area contributed by atoms with Gasteiger partial charge in [0.25, 0.3) is 5.91 Å². The van der Waals surface area contributed by atoms with Gasteiger partial charge in [0, 0.05) is 12.7 Å². The Morgan fingerprint density at radius 1 is 1.29 bits per heavy atom. The van der Waals surface area contributed by atoms with Gasteiger partial charge in [-0.1, -0.05) is 30.3 Å². The van der Waals surface area contributed by atoms with Crippen molar-refractivity contribution in [2.24, 2.45) is 0 Å². The molecule has 108 valence electrons. The van der Waals surface area contributed by atoms with Crippen molar-refractivity contribution < 1.29 is 9.59 Å². The summed E-state index contributed by atoms with van der Waals surface area (Å²) < 4.78 is 1.73. The van der Waals surface area contributed by atoms with Crippen LogP contribution in [0.2, 0.25) is 0 Å². The van der Waals surface area contributed by atoms with E-state index in [0.717, 1.165) is 12.1 Å². The molecule has 1 N–H and O–H groups in total. The highest BCUT2D eigenvalue weighted by molar-refractivity contribution is 6.06. The van der Waals surface area contributed by atoms with E-state index in [1.807, 2.05) is 37.3 Å². The number of nitrogens with zero attached hydrogens (tertiary/aromatic N) is 3. The van der Waals surface area contributed by atoms with Gasteiger partial charge in [-0.3, -0.25) is 19.2 Å². The number of benzene rings is 1. The van der Waals surface area contributed by atoms with Crippen LogP contribution in [0.15, 0.2) is 42.7 Å². The molecule has 1 aliphatic rings. The monoisotopic (exact) mass is 284 g/mol. The van der Waals surface area contributed by atoms with Crippen LogP contribution in [0.5, 0.6) is 0 Å². The molecule has 1 aromatic heterocycles. The maximum atomic E-state index is 12.6. The van der Waals surface area contributed by atoms with Gasteiger partial charge in [0.05, 0.1) is 11.9 Å². The standard InChI is InChI=1S/C15H16N4O2/c1-2-18-9-12(8-16-18)19-10-13(20)17-14(15(19)21)11-6-4-3-5-7-11/h3-9,14H,2,10H2,1H3,(H,17,20). The smallest absolute Gasteiger partial charge is 0.254 e. The minimum atomic E-state index is -0.641. The van der Waals surface area contributed by atoms with E-state index in [9.17, 15) is 9.59 Å². The summed E-state index contributed by atoms with van der Waals surface area (Å²) in [4.78, 5) is 26.0. The number of carbonyl (C=O) groups excluding carboxylic acids is 2. The maximum absolute atomic E-state index is 12.6. The third-order valence-corrected chi connectivity index (χ3v) is 3.51. The van der Waals surface area contributed by atoms with E-state index >= 15 is 0 Å². The first-order chi connectivity index (χ1) is 10.2. The number of hydrogen-bond donors (Lipinski definition) is 1. The predicted octanol–water partition coefficient (Wildman–Crippen LogP) is 1.11. The van der Waals surface area contributed by atoms with E-state index in [1.54, 1.807) is 17.1 Å². The molecule has 21 heavy (non-hydrogen) atoms. The molecule has 2 amide bonds. The highest BCUT2D eigenvalue weighted by atomic mass is 16.2. The van der Waals surface area contributed by atoms with Gasteiger partial charge in [0.15, 0.2) is 0 Å². The van der Waals surface area contributed by atoms with E-state index in [-0.39, 0.29) is 18.4 Å². The van der Waals surface area contributed by atoms with Crippen LogP contribution >= 0.6 is 0 Å². The molecule has 1 saturated heterocycles. The molecule has 0 aliphatic carbocycles. The average Bonchev–Trinajstić information content (AvgIpc) is 2.99. The zero-order valence-electron chi connectivity index (χ0n) is 11.7. The van der Waals surface area contributed by atoms with Gasteiger partial charge in [0.2, 0.25) is 5.91 Å². The van der Waals surface area contributed by atoms with Gasteiger partial charge in [-0.2, -0.15) is 5.10 Å². The summed E-state index contributed by atoms with van der Waals surface area (Å²) in [6.45, 7) is 2.71. The molecule has 3 rings (SSSR count). The Morgan fingerprint density at radius 2 is 2.05 bits per heavy atom. The van der Waals surface area contributed by atoms with Crippen molar-refractivity contribution in [3.8, 4) is 0 Å². The quantitative estimate of drug-likeness (QED) is 0.918. The van der Waals surface area contributed by atoms with Crippen molar-refractivity contribution in [3.05, 3.63) is 48.3 Å². The molecule has 1 aliphatic heterocycles. The lowest BCUT2D eigenvalue weighted by atomic mass is 10.0. The summed E-state index contributed by atoms with van der Waals surface area (Å²) in [6, 6.07) is 8.61. The van der Waals surface area contributed by atoms with Crippen molar-refractivity contribution in [2.75, 3.05) is 11.4 Å². The highest BCUT2D eigenvalue weighted by Gasteiger charge is 2.34. The lowest BCUT2D eigenvalue weighted by Gasteiger charge is -2.31. The van der Waals surface area contributed by atoms with Crippen LogP contribution in [0.25, 0.3) is 0 Å². The minimum Gasteiger partial charge on any atom is -0.339 e. The molecular formula is C15H16N4O2. The fourth-order valence-corrected chi connectivity index (χ4v) is 2.40. The van der Waals surface area contributed by atoms with Crippen molar-refractivity contribution >= 4 is 17.5 Å². The summed E-state index contributed by atoms with van der Waals surface area (Å²) in [5, 5.41) is 6.90. The maximum Gasteiger partial charge on any atom is 0.254 e. The Morgan fingerprint density at radius 3 is 2.71 bits per heavy atom. The summed E-state index contributed by atoms with van der Waals surface area (Å²) in [7, 11) is 0. The molecule has 0 radical (unpaired) electrons. The lowest BCUT2D eigenvalue weighted by Crippen LogP contribution is -2.53. The topological polar surface area (TPSA) is 67.2 Å². The van der Waals surface area contributed by atoms with Crippen molar-refractivity contribution in [1.82, 2.24) is 15.1 Å². The Hall–Kier alpha value is -2.63. The van der Waals surface area contributed by atoms with Gasteiger partial charge >= 0.3 is 0 Å². The number of nitrogens with one attached hydrogen (secondary N) is 1. The molecular weight excluding hydrogens is 268 g/mol. The second-order valence-corrected chi connectivity index (χ2v) is 4.89. The summed E-state index contributed by atoms with van der Waals surface area (Å²) in [5.41, 5.74) is 1.43. The second kappa shape index (κ2) is 5.40. The summed E-state index contributed by atoms with van der Waals surface area (Å²) in [6.07, 6.45) is 3.39. The number of anilines is 1. The fraction of sp³-hybridized carbons (Fsp3) is 0.267. The molecule has 2 heterocycles. The fourth-order valence-electron chi connectivity index (χ4n) is 2.40. The van der Waals surface area contributed by atoms with Crippen LogP contribution in [0.3, 0.4) is 0 Å². The van der Waals surface area contributed by atoms with Crippen LogP contribution in [-0.2, 0) is 16.1 Å². The zero-order valence-corrected chi connectivity index (χ0v) is 11.7. The van der Waals surface area contributed by atoms with E-state index < -0.39 is 6.04 Å². The number of carbonyl (C=O) groups is 2. The molecule has 1 unspecified atom stereocenters. The normalized spacial score (nSPS) is 18.7. The van der Waals surface area contributed by atoms with E-state index in [2.05, 4.69) is 10.4 Å². The van der Waals surface area contributed by atoms with Gasteiger partial charge in [-0.05, 0) is 12.5 Å². The van der Waals surface area contributed by atoms with Crippen molar-refractivity contribution in [3.63, 3.8) is 0 Å². The summed E-state index contributed by atoms with van der Waals surface area (Å²) >= 11 is 0. The molecule has 1 atom stereocenters. The molecule has 1 aromatic carbocycles. The first-order valence-electron chi connectivity index (χ1n) is 6.87. The Bertz CT molecular complexity index is 665. The first kappa shape index (κ1) is 13.4. The van der Waals surface area contributed by atoms with Crippen LogP contribution < -0.4 is 10.2 Å². The molecule has 0 spiro atoms. The van der Waals surface area contributed by atoms with E-state index in [4.69, 9.17) is 0 Å². The molecule has 6 nitrogen and oxygen atoms in total. The van der Waals surface area contributed by atoms with Crippen LogP contribution in [0.4, 0.5) is 5.69 Å². The molecule has 0 bridgehead atoms. The van der Waals surface area contributed by atoms with Gasteiger partial charge < -0.3 is 5.32 Å². The van der Waals surface area contributed by atoms with Crippen LogP contribution in [0.1, 0.15) is 18.5 Å².